The minimum absolute atomic E-state index is 0.304. The van der Waals surface area contributed by atoms with Gasteiger partial charge < -0.3 is 5.11 Å². The van der Waals surface area contributed by atoms with E-state index in [-0.39, 0.29) is 6.10 Å². The van der Waals surface area contributed by atoms with Gasteiger partial charge in [-0.25, -0.2) is 0 Å². The van der Waals surface area contributed by atoms with Gasteiger partial charge in [0, 0.05) is 0 Å². The quantitative estimate of drug-likeness (QED) is 0.738. The molecule has 0 aromatic heterocycles. The van der Waals surface area contributed by atoms with E-state index in [0.29, 0.717) is 5.92 Å². The third-order valence-corrected chi connectivity index (χ3v) is 3.65. The van der Waals surface area contributed by atoms with Crippen molar-refractivity contribution < 1.29 is 5.11 Å². The zero-order valence-corrected chi connectivity index (χ0v) is 12.0. The van der Waals surface area contributed by atoms with Crippen LogP contribution < -0.4 is 0 Å². The van der Waals surface area contributed by atoms with Gasteiger partial charge in [0.05, 0.1) is 6.10 Å². The van der Waals surface area contributed by atoms with Crippen LogP contribution in [0.5, 0.6) is 0 Å². The molecule has 96 valence electrons. The molecule has 2 heteroatoms. The Morgan fingerprint density at radius 2 is 2.06 bits per heavy atom. The Morgan fingerprint density at radius 3 is 2.71 bits per heavy atom. The molecule has 0 radical (unpaired) electrons. The minimum Gasteiger partial charge on any atom is -0.388 e. The van der Waals surface area contributed by atoms with Crippen LogP contribution in [0.3, 0.4) is 0 Å². The fourth-order valence-electron chi connectivity index (χ4n) is 1.90. The van der Waals surface area contributed by atoms with E-state index in [1.807, 2.05) is 17.8 Å². The lowest BCUT2D eigenvalue weighted by Gasteiger charge is -2.13. The van der Waals surface area contributed by atoms with Crippen molar-refractivity contribution in [2.75, 3.05) is 11.5 Å². The predicted octanol–water partition coefficient (Wildman–Crippen LogP) is 4.06. The highest BCUT2D eigenvalue weighted by molar-refractivity contribution is 7.99. The van der Waals surface area contributed by atoms with Gasteiger partial charge in [0.15, 0.2) is 0 Å². The third-order valence-electron chi connectivity index (χ3n) is 2.72. The molecule has 0 saturated heterocycles. The molecule has 1 aromatic rings. The van der Waals surface area contributed by atoms with E-state index in [2.05, 4.69) is 39.0 Å². The number of benzene rings is 1. The van der Waals surface area contributed by atoms with Crippen molar-refractivity contribution in [2.45, 2.75) is 39.7 Å². The van der Waals surface area contributed by atoms with Crippen molar-refractivity contribution >= 4 is 11.8 Å². The zero-order valence-electron chi connectivity index (χ0n) is 11.1. The zero-order chi connectivity index (χ0) is 12.7. The largest absolute Gasteiger partial charge is 0.388 e. The summed E-state index contributed by atoms with van der Waals surface area (Å²) in [5, 5.41) is 10.1. The first-order valence-electron chi connectivity index (χ1n) is 6.48. The average molecular weight is 252 g/mol. The summed E-state index contributed by atoms with van der Waals surface area (Å²) in [6, 6.07) is 8.40. The maximum atomic E-state index is 10.1. The third kappa shape index (κ3) is 5.60. The van der Waals surface area contributed by atoms with Crippen molar-refractivity contribution in [1.29, 1.82) is 0 Å². The van der Waals surface area contributed by atoms with Crippen LogP contribution in [-0.4, -0.2) is 16.6 Å². The van der Waals surface area contributed by atoms with Crippen molar-refractivity contribution in [1.82, 2.24) is 0 Å². The second-order valence-electron chi connectivity index (χ2n) is 4.84. The van der Waals surface area contributed by atoms with Crippen LogP contribution in [0.1, 0.15) is 44.4 Å². The molecule has 1 aromatic carbocycles. The van der Waals surface area contributed by atoms with Crippen molar-refractivity contribution in [3.8, 4) is 0 Å². The Bertz CT molecular complexity index is 322. The van der Waals surface area contributed by atoms with Gasteiger partial charge in [0.1, 0.15) is 0 Å². The van der Waals surface area contributed by atoms with E-state index in [0.717, 1.165) is 29.9 Å². The van der Waals surface area contributed by atoms with Crippen molar-refractivity contribution in [2.24, 2.45) is 5.92 Å². The number of rotatable bonds is 7. The number of hydrogen-bond acceptors (Lipinski definition) is 2. The van der Waals surface area contributed by atoms with Gasteiger partial charge in [-0.15, -0.1) is 0 Å². The first kappa shape index (κ1) is 14.6. The SMILES string of the molecule is CCSCCC(O)c1cccc(CC(C)C)c1. The number of hydrogen-bond donors (Lipinski definition) is 1. The molecule has 0 spiro atoms. The van der Waals surface area contributed by atoms with Crippen molar-refractivity contribution in [3.63, 3.8) is 0 Å². The van der Waals surface area contributed by atoms with Crippen molar-refractivity contribution in [3.05, 3.63) is 35.4 Å². The predicted molar refractivity (Wildman–Crippen MR) is 77.6 cm³/mol. The van der Waals surface area contributed by atoms with Gasteiger partial charge >= 0.3 is 0 Å². The summed E-state index contributed by atoms with van der Waals surface area (Å²) in [6.07, 6.45) is 1.63. The van der Waals surface area contributed by atoms with Gasteiger partial charge in [0.25, 0.3) is 0 Å². The van der Waals surface area contributed by atoms with E-state index in [4.69, 9.17) is 0 Å². The molecule has 0 aliphatic carbocycles. The first-order valence-corrected chi connectivity index (χ1v) is 7.63. The fourth-order valence-corrected chi connectivity index (χ4v) is 2.58. The van der Waals surface area contributed by atoms with Crippen LogP contribution in [0.4, 0.5) is 0 Å². The van der Waals surface area contributed by atoms with Crippen LogP contribution in [0.2, 0.25) is 0 Å². The summed E-state index contributed by atoms with van der Waals surface area (Å²) in [4.78, 5) is 0. The summed E-state index contributed by atoms with van der Waals surface area (Å²) < 4.78 is 0. The minimum atomic E-state index is -0.304. The maximum Gasteiger partial charge on any atom is 0.0798 e. The summed E-state index contributed by atoms with van der Waals surface area (Å²) in [5.74, 6) is 2.82. The summed E-state index contributed by atoms with van der Waals surface area (Å²) >= 11 is 1.89. The van der Waals surface area contributed by atoms with Crippen LogP contribution in [0.15, 0.2) is 24.3 Å². The van der Waals surface area contributed by atoms with Gasteiger partial charge in [-0.05, 0) is 41.4 Å². The normalized spacial score (nSPS) is 13.0. The number of aliphatic hydroxyl groups excluding tert-OH is 1. The van der Waals surface area contributed by atoms with E-state index >= 15 is 0 Å². The number of thioether (sulfide) groups is 1. The monoisotopic (exact) mass is 252 g/mol. The van der Waals surface area contributed by atoms with E-state index < -0.39 is 0 Å². The van der Waals surface area contributed by atoms with Gasteiger partial charge in [-0.3, -0.25) is 0 Å². The van der Waals surface area contributed by atoms with Gasteiger partial charge in [-0.2, -0.15) is 11.8 Å². The molecule has 17 heavy (non-hydrogen) atoms. The second-order valence-corrected chi connectivity index (χ2v) is 6.24. The fraction of sp³-hybridized carbons (Fsp3) is 0.600. The molecule has 1 unspecified atom stereocenters. The lowest BCUT2D eigenvalue weighted by Crippen LogP contribution is -2.01. The molecule has 0 aliphatic heterocycles. The molecule has 0 amide bonds. The highest BCUT2D eigenvalue weighted by Crippen LogP contribution is 2.21. The van der Waals surface area contributed by atoms with E-state index in [9.17, 15) is 5.11 Å². The number of aliphatic hydroxyl groups is 1. The standard InChI is InChI=1S/C15H24OS/c1-4-17-9-8-15(16)14-7-5-6-13(11-14)10-12(2)3/h5-7,11-12,15-16H,4,8-10H2,1-3H3. The Balaban J connectivity index is 2.57. The van der Waals surface area contributed by atoms with Crippen LogP contribution >= 0.6 is 11.8 Å². The lowest BCUT2D eigenvalue weighted by atomic mass is 9.98. The van der Waals surface area contributed by atoms with E-state index in [1.165, 1.54) is 5.56 Å². The molecule has 0 saturated carbocycles. The molecule has 0 fully saturated rings. The van der Waals surface area contributed by atoms with Gasteiger partial charge in [-0.1, -0.05) is 45.0 Å². The summed E-state index contributed by atoms with van der Waals surface area (Å²) in [6.45, 7) is 6.60. The second kappa shape index (κ2) is 7.78. The topological polar surface area (TPSA) is 20.2 Å². The molecular formula is C15H24OS. The Kier molecular flexibility index (Phi) is 6.68. The van der Waals surface area contributed by atoms with Gasteiger partial charge in [0.2, 0.25) is 0 Å². The molecule has 1 atom stereocenters. The molecule has 1 nitrogen and oxygen atoms in total. The average Bonchev–Trinajstić information content (AvgIpc) is 2.28. The Labute approximate surface area is 110 Å². The molecule has 0 heterocycles. The van der Waals surface area contributed by atoms with Crippen LogP contribution in [0, 0.1) is 5.92 Å². The van der Waals surface area contributed by atoms with Crippen LogP contribution in [-0.2, 0) is 6.42 Å². The highest BCUT2D eigenvalue weighted by atomic mass is 32.2. The smallest absolute Gasteiger partial charge is 0.0798 e. The first-order chi connectivity index (χ1) is 8.13. The summed E-state index contributed by atoms with van der Waals surface area (Å²) in [5.41, 5.74) is 2.40. The molecular weight excluding hydrogens is 228 g/mol. The Hall–Kier alpha value is -0.470. The highest BCUT2D eigenvalue weighted by Gasteiger charge is 2.08. The molecule has 0 aliphatic rings. The molecule has 1 N–H and O–H groups in total. The van der Waals surface area contributed by atoms with Crippen LogP contribution in [0.25, 0.3) is 0 Å². The van der Waals surface area contributed by atoms with E-state index in [1.54, 1.807) is 0 Å². The lowest BCUT2D eigenvalue weighted by molar-refractivity contribution is 0.175. The molecule has 0 bridgehead atoms. The maximum absolute atomic E-state index is 10.1. The summed E-state index contributed by atoms with van der Waals surface area (Å²) in [7, 11) is 0. The Morgan fingerprint density at radius 1 is 1.29 bits per heavy atom. The molecule has 1 rings (SSSR count).